The summed E-state index contributed by atoms with van der Waals surface area (Å²) in [6, 6.07) is 16.2. The molecule has 4 heterocycles. The van der Waals surface area contributed by atoms with Crippen LogP contribution in [0.1, 0.15) is 45.1 Å². The van der Waals surface area contributed by atoms with E-state index in [1.807, 2.05) is 0 Å². The fourth-order valence-corrected chi connectivity index (χ4v) is 5.82. The van der Waals surface area contributed by atoms with Crippen molar-refractivity contribution in [3.63, 3.8) is 0 Å². The van der Waals surface area contributed by atoms with Gasteiger partial charge in [0.25, 0.3) is 0 Å². The Balaban J connectivity index is 1.15. The quantitative estimate of drug-likeness (QED) is 0.497. The number of piperidine rings is 1. The van der Waals surface area contributed by atoms with E-state index in [0.29, 0.717) is 12.6 Å². The summed E-state index contributed by atoms with van der Waals surface area (Å²) >= 11 is 0. The van der Waals surface area contributed by atoms with Crippen molar-refractivity contribution < 1.29 is 4.74 Å². The van der Waals surface area contributed by atoms with E-state index in [9.17, 15) is 0 Å². The molecule has 6 nitrogen and oxygen atoms in total. The summed E-state index contributed by atoms with van der Waals surface area (Å²) in [6.45, 7) is 15.2. The molecule has 3 aromatic rings. The van der Waals surface area contributed by atoms with Crippen molar-refractivity contribution in [2.75, 3.05) is 44.2 Å². The normalized spacial score (nSPS) is 19.3. The van der Waals surface area contributed by atoms with Gasteiger partial charge < -0.3 is 9.64 Å². The van der Waals surface area contributed by atoms with Crippen LogP contribution in [0.25, 0.3) is 16.8 Å². The SMILES string of the molecule is CC1CCN(Cc2cn3c(n2)COc2cc(-c4ccc(N5CCN(C(C)C)CC5)cc4)ccc2-3)CC1. The number of imidazole rings is 1. The Hall–Kier alpha value is -2.83. The molecule has 0 saturated carbocycles. The first kappa shape index (κ1) is 23.6. The van der Waals surface area contributed by atoms with Gasteiger partial charge in [0.2, 0.25) is 0 Å². The lowest BCUT2D eigenvalue weighted by molar-refractivity contribution is 0.183. The van der Waals surface area contributed by atoms with Gasteiger partial charge in [-0.05, 0) is 81.1 Å². The molecular formula is C30H39N5O. The van der Waals surface area contributed by atoms with Crippen LogP contribution in [0.5, 0.6) is 5.75 Å². The number of anilines is 1. The Labute approximate surface area is 215 Å². The average Bonchev–Trinajstić information content (AvgIpc) is 3.33. The Morgan fingerprint density at radius 1 is 0.917 bits per heavy atom. The summed E-state index contributed by atoms with van der Waals surface area (Å²) in [7, 11) is 0. The zero-order valence-corrected chi connectivity index (χ0v) is 22.0. The second-order valence-corrected chi connectivity index (χ2v) is 11.1. The fourth-order valence-electron chi connectivity index (χ4n) is 5.82. The van der Waals surface area contributed by atoms with Gasteiger partial charge in [-0.1, -0.05) is 25.1 Å². The minimum absolute atomic E-state index is 0.523. The molecule has 3 aliphatic heterocycles. The number of hydrogen-bond acceptors (Lipinski definition) is 5. The first-order valence-electron chi connectivity index (χ1n) is 13.7. The van der Waals surface area contributed by atoms with E-state index in [2.05, 4.69) is 88.7 Å². The third-order valence-corrected chi connectivity index (χ3v) is 8.28. The van der Waals surface area contributed by atoms with E-state index >= 15 is 0 Å². The second kappa shape index (κ2) is 9.91. The number of ether oxygens (including phenoxy) is 1. The van der Waals surface area contributed by atoms with E-state index in [1.54, 1.807) is 0 Å². The summed E-state index contributed by atoms with van der Waals surface area (Å²) in [4.78, 5) is 12.5. The van der Waals surface area contributed by atoms with Crippen LogP contribution >= 0.6 is 0 Å². The summed E-state index contributed by atoms with van der Waals surface area (Å²) in [5.74, 6) is 2.78. The molecule has 1 aromatic heterocycles. The minimum atomic E-state index is 0.523. The molecule has 0 radical (unpaired) electrons. The summed E-state index contributed by atoms with van der Waals surface area (Å²) in [5, 5.41) is 0. The maximum absolute atomic E-state index is 6.17. The van der Waals surface area contributed by atoms with Crippen molar-refractivity contribution in [2.24, 2.45) is 5.92 Å². The first-order valence-corrected chi connectivity index (χ1v) is 13.7. The molecule has 36 heavy (non-hydrogen) atoms. The highest BCUT2D eigenvalue weighted by atomic mass is 16.5. The molecule has 190 valence electrons. The van der Waals surface area contributed by atoms with Gasteiger partial charge in [-0.15, -0.1) is 0 Å². The number of likely N-dealkylation sites (tertiary alicyclic amines) is 1. The Morgan fingerprint density at radius 3 is 2.36 bits per heavy atom. The molecule has 6 rings (SSSR count). The maximum Gasteiger partial charge on any atom is 0.151 e. The monoisotopic (exact) mass is 485 g/mol. The lowest BCUT2D eigenvalue weighted by Gasteiger charge is -2.38. The van der Waals surface area contributed by atoms with Crippen LogP contribution in [0, 0.1) is 5.92 Å². The molecule has 0 atom stereocenters. The Bertz CT molecular complexity index is 1180. The van der Waals surface area contributed by atoms with Crippen LogP contribution in [0.4, 0.5) is 5.69 Å². The number of benzene rings is 2. The Morgan fingerprint density at radius 2 is 1.64 bits per heavy atom. The van der Waals surface area contributed by atoms with Crippen LogP contribution in [0.15, 0.2) is 48.7 Å². The van der Waals surface area contributed by atoms with E-state index in [0.717, 1.165) is 61.6 Å². The predicted octanol–water partition coefficient (Wildman–Crippen LogP) is 5.19. The van der Waals surface area contributed by atoms with Gasteiger partial charge in [-0.2, -0.15) is 0 Å². The van der Waals surface area contributed by atoms with Gasteiger partial charge in [-0.25, -0.2) is 4.98 Å². The molecule has 0 amide bonds. The van der Waals surface area contributed by atoms with Gasteiger partial charge >= 0.3 is 0 Å². The van der Waals surface area contributed by atoms with Crippen LogP contribution < -0.4 is 9.64 Å². The molecule has 0 bridgehead atoms. The number of aromatic nitrogens is 2. The van der Waals surface area contributed by atoms with E-state index in [4.69, 9.17) is 9.72 Å². The summed E-state index contributed by atoms with van der Waals surface area (Å²) < 4.78 is 8.39. The van der Waals surface area contributed by atoms with Crippen LogP contribution in [0.2, 0.25) is 0 Å². The molecule has 3 aliphatic rings. The van der Waals surface area contributed by atoms with Crippen molar-refractivity contribution in [1.29, 1.82) is 0 Å². The molecule has 0 unspecified atom stereocenters. The highest BCUT2D eigenvalue weighted by Gasteiger charge is 2.23. The third kappa shape index (κ3) is 4.76. The zero-order chi connectivity index (χ0) is 24.6. The molecule has 2 saturated heterocycles. The molecule has 0 spiro atoms. The molecule has 6 heteroatoms. The topological polar surface area (TPSA) is 36.8 Å². The molecule has 2 aromatic carbocycles. The zero-order valence-electron chi connectivity index (χ0n) is 22.0. The largest absolute Gasteiger partial charge is 0.483 e. The second-order valence-electron chi connectivity index (χ2n) is 11.1. The van der Waals surface area contributed by atoms with Crippen molar-refractivity contribution in [2.45, 2.75) is 52.8 Å². The van der Waals surface area contributed by atoms with Crippen LogP contribution in [-0.2, 0) is 13.2 Å². The van der Waals surface area contributed by atoms with Crippen molar-refractivity contribution in [1.82, 2.24) is 19.4 Å². The molecular weight excluding hydrogens is 446 g/mol. The van der Waals surface area contributed by atoms with E-state index in [1.165, 1.54) is 42.7 Å². The highest BCUT2D eigenvalue weighted by Crippen LogP contribution is 2.35. The highest BCUT2D eigenvalue weighted by molar-refractivity contribution is 5.70. The number of fused-ring (bicyclic) bond motifs is 3. The lowest BCUT2D eigenvalue weighted by Crippen LogP contribution is -2.48. The van der Waals surface area contributed by atoms with Crippen LogP contribution in [0.3, 0.4) is 0 Å². The fraction of sp³-hybridized carbons (Fsp3) is 0.500. The van der Waals surface area contributed by atoms with Gasteiger partial charge in [0.05, 0.1) is 11.4 Å². The number of rotatable bonds is 5. The van der Waals surface area contributed by atoms with E-state index in [-0.39, 0.29) is 0 Å². The number of piperazine rings is 1. The van der Waals surface area contributed by atoms with Crippen molar-refractivity contribution >= 4 is 5.69 Å². The summed E-state index contributed by atoms with van der Waals surface area (Å²) in [5.41, 5.74) is 5.96. The average molecular weight is 486 g/mol. The summed E-state index contributed by atoms with van der Waals surface area (Å²) in [6.07, 6.45) is 4.79. The van der Waals surface area contributed by atoms with Crippen molar-refractivity contribution in [3.8, 4) is 22.6 Å². The Kier molecular flexibility index (Phi) is 6.48. The maximum atomic E-state index is 6.17. The number of nitrogens with zero attached hydrogens (tertiary/aromatic N) is 5. The third-order valence-electron chi connectivity index (χ3n) is 8.28. The van der Waals surface area contributed by atoms with Crippen molar-refractivity contribution in [3.05, 3.63) is 60.2 Å². The smallest absolute Gasteiger partial charge is 0.151 e. The molecule has 0 aliphatic carbocycles. The number of hydrogen-bond donors (Lipinski definition) is 0. The molecule has 2 fully saturated rings. The first-order chi connectivity index (χ1) is 17.5. The van der Waals surface area contributed by atoms with Gasteiger partial charge in [-0.3, -0.25) is 14.4 Å². The van der Waals surface area contributed by atoms with Gasteiger partial charge in [0, 0.05) is 50.6 Å². The van der Waals surface area contributed by atoms with E-state index < -0.39 is 0 Å². The standard InChI is InChI=1S/C30H39N5O/c1-22(2)33-14-16-34(17-15-33)27-7-4-24(5-8-27)25-6-9-28-29(18-25)36-21-30-31-26(20-35(28)30)19-32-12-10-23(3)11-13-32/h4-9,18,20,22-23H,10-17,19,21H2,1-3H3. The molecule has 0 N–H and O–H groups in total. The predicted molar refractivity (Wildman–Crippen MR) is 146 cm³/mol. The van der Waals surface area contributed by atoms with Gasteiger partial charge in [0.1, 0.15) is 12.4 Å². The van der Waals surface area contributed by atoms with Crippen LogP contribution in [-0.4, -0.2) is 64.7 Å². The van der Waals surface area contributed by atoms with Gasteiger partial charge in [0.15, 0.2) is 5.82 Å². The minimum Gasteiger partial charge on any atom is -0.483 e. The lowest BCUT2D eigenvalue weighted by atomic mass is 9.99.